The zero-order chi connectivity index (χ0) is 24.1. The van der Waals surface area contributed by atoms with Gasteiger partial charge in [-0.3, -0.25) is 9.69 Å². The molecule has 1 aliphatic heterocycles. The van der Waals surface area contributed by atoms with Gasteiger partial charge in [0.25, 0.3) is 5.91 Å². The highest BCUT2D eigenvalue weighted by Crippen LogP contribution is 2.29. The summed E-state index contributed by atoms with van der Waals surface area (Å²) >= 11 is 0. The van der Waals surface area contributed by atoms with Gasteiger partial charge in [0, 0.05) is 50.5 Å². The van der Waals surface area contributed by atoms with E-state index in [-0.39, 0.29) is 12.5 Å². The molecular formula is C27H28F3N3O. The zero-order valence-corrected chi connectivity index (χ0v) is 19.1. The Kier molecular flexibility index (Phi) is 7.22. The van der Waals surface area contributed by atoms with Crippen LogP contribution in [0, 0.1) is 6.92 Å². The van der Waals surface area contributed by atoms with Crippen molar-refractivity contribution in [1.82, 2.24) is 10.2 Å². The number of carbonyl (C=O) groups is 1. The molecule has 4 nitrogen and oxygen atoms in total. The number of alkyl halides is 3. The molecule has 0 aliphatic carbocycles. The molecule has 178 valence electrons. The summed E-state index contributed by atoms with van der Waals surface area (Å²) in [6.45, 7) is 6.87. The lowest BCUT2D eigenvalue weighted by Gasteiger charge is -2.36. The number of halogens is 3. The minimum atomic E-state index is -4.40. The Morgan fingerprint density at radius 2 is 1.59 bits per heavy atom. The van der Waals surface area contributed by atoms with Crippen LogP contribution in [0.1, 0.15) is 32.6 Å². The van der Waals surface area contributed by atoms with Gasteiger partial charge in [0.2, 0.25) is 0 Å². The first-order valence-electron chi connectivity index (χ1n) is 11.4. The first-order valence-corrected chi connectivity index (χ1v) is 11.4. The molecule has 0 unspecified atom stereocenters. The van der Waals surface area contributed by atoms with Gasteiger partial charge < -0.3 is 10.2 Å². The number of nitrogens with one attached hydrogen (secondary N) is 1. The summed E-state index contributed by atoms with van der Waals surface area (Å²) in [6, 6.07) is 20.8. The summed E-state index contributed by atoms with van der Waals surface area (Å²) < 4.78 is 38.6. The van der Waals surface area contributed by atoms with Crippen molar-refractivity contribution in [3.63, 3.8) is 0 Å². The first kappa shape index (κ1) is 23.8. The number of benzene rings is 3. The molecule has 1 fully saturated rings. The maximum absolute atomic E-state index is 12.9. The molecule has 0 spiro atoms. The third-order valence-corrected chi connectivity index (χ3v) is 6.16. The van der Waals surface area contributed by atoms with Gasteiger partial charge in [0.05, 0.1) is 5.56 Å². The molecule has 1 saturated heterocycles. The number of para-hydroxylation sites is 1. The van der Waals surface area contributed by atoms with E-state index in [9.17, 15) is 18.0 Å². The molecule has 0 bridgehead atoms. The van der Waals surface area contributed by atoms with Crippen LogP contribution >= 0.6 is 0 Å². The Hall–Kier alpha value is -3.32. The van der Waals surface area contributed by atoms with Gasteiger partial charge >= 0.3 is 6.18 Å². The highest BCUT2D eigenvalue weighted by molar-refractivity contribution is 5.94. The van der Waals surface area contributed by atoms with Crippen LogP contribution in [0.4, 0.5) is 18.9 Å². The smallest absolute Gasteiger partial charge is 0.369 e. The van der Waals surface area contributed by atoms with E-state index in [2.05, 4.69) is 46.3 Å². The minimum Gasteiger partial charge on any atom is -0.369 e. The molecule has 4 rings (SSSR count). The number of anilines is 1. The molecule has 1 N–H and O–H groups in total. The largest absolute Gasteiger partial charge is 0.416 e. The average Bonchev–Trinajstić information content (AvgIpc) is 2.84. The van der Waals surface area contributed by atoms with Gasteiger partial charge in [-0.05, 0) is 53.9 Å². The number of piperazine rings is 1. The van der Waals surface area contributed by atoms with Crippen LogP contribution in [0.25, 0.3) is 0 Å². The Balaban J connectivity index is 1.27. The number of nitrogens with zero attached hydrogens (tertiary/aromatic N) is 2. The SMILES string of the molecule is Cc1ccccc1N1CCN(Cc2ccc(C(=O)NCc3cccc(C(F)(F)F)c3)cc2)CC1. The van der Waals surface area contributed by atoms with Gasteiger partial charge in [-0.25, -0.2) is 0 Å². The monoisotopic (exact) mass is 467 g/mol. The maximum Gasteiger partial charge on any atom is 0.416 e. The molecule has 0 aromatic heterocycles. The van der Waals surface area contributed by atoms with Gasteiger partial charge in [-0.2, -0.15) is 13.2 Å². The van der Waals surface area contributed by atoms with Crippen molar-refractivity contribution in [1.29, 1.82) is 0 Å². The number of hydrogen-bond donors (Lipinski definition) is 1. The summed E-state index contributed by atoms with van der Waals surface area (Å²) in [7, 11) is 0. The fourth-order valence-corrected chi connectivity index (χ4v) is 4.23. The highest BCUT2D eigenvalue weighted by Gasteiger charge is 2.30. The van der Waals surface area contributed by atoms with Crippen LogP contribution < -0.4 is 10.2 Å². The molecule has 0 radical (unpaired) electrons. The molecule has 3 aromatic rings. The average molecular weight is 468 g/mol. The number of rotatable bonds is 6. The lowest BCUT2D eigenvalue weighted by Crippen LogP contribution is -2.46. The van der Waals surface area contributed by atoms with Crippen molar-refractivity contribution >= 4 is 11.6 Å². The summed E-state index contributed by atoms with van der Waals surface area (Å²) in [4.78, 5) is 17.3. The maximum atomic E-state index is 12.9. The van der Waals surface area contributed by atoms with E-state index >= 15 is 0 Å². The van der Waals surface area contributed by atoms with Crippen molar-refractivity contribution in [3.8, 4) is 0 Å². The van der Waals surface area contributed by atoms with Gasteiger partial charge in [0.15, 0.2) is 0 Å². The van der Waals surface area contributed by atoms with Crippen molar-refractivity contribution in [2.24, 2.45) is 0 Å². The van der Waals surface area contributed by atoms with Gasteiger partial charge in [-0.15, -0.1) is 0 Å². The minimum absolute atomic E-state index is 0.0374. The number of amides is 1. The Morgan fingerprint density at radius 3 is 2.26 bits per heavy atom. The Labute approximate surface area is 198 Å². The quantitative estimate of drug-likeness (QED) is 0.537. The third-order valence-electron chi connectivity index (χ3n) is 6.16. The lowest BCUT2D eigenvalue weighted by molar-refractivity contribution is -0.137. The predicted octanol–water partition coefficient (Wildman–Crippen LogP) is 5.27. The summed E-state index contributed by atoms with van der Waals surface area (Å²) in [6.07, 6.45) is -4.40. The van der Waals surface area contributed by atoms with E-state index in [4.69, 9.17) is 0 Å². The molecule has 0 saturated carbocycles. The van der Waals surface area contributed by atoms with E-state index in [1.54, 1.807) is 18.2 Å². The second-order valence-corrected chi connectivity index (χ2v) is 8.63. The summed E-state index contributed by atoms with van der Waals surface area (Å²) in [5, 5.41) is 2.70. The first-order chi connectivity index (χ1) is 16.3. The fourth-order valence-electron chi connectivity index (χ4n) is 4.23. The number of carbonyl (C=O) groups excluding carboxylic acids is 1. The van der Waals surface area contributed by atoms with Gasteiger partial charge in [-0.1, -0.05) is 42.5 Å². The topological polar surface area (TPSA) is 35.6 Å². The Morgan fingerprint density at radius 1 is 0.882 bits per heavy atom. The molecular weight excluding hydrogens is 439 g/mol. The molecule has 1 aliphatic rings. The van der Waals surface area contributed by atoms with E-state index in [0.29, 0.717) is 11.1 Å². The second kappa shape index (κ2) is 10.3. The van der Waals surface area contributed by atoms with Crippen LogP contribution in [0.2, 0.25) is 0 Å². The summed E-state index contributed by atoms with van der Waals surface area (Å²) in [5.41, 5.74) is 3.88. The van der Waals surface area contributed by atoms with Crippen LogP contribution in [0.3, 0.4) is 0 Å². The van der Waals surface area contributed by atoms with Crippen LogP contribution in [-0.2, 0) is 19.3 Å². The third kappa shape index (κ3) is 5.97. The van der Waals surface area contributed by atoms with E-state index < -0.39 is 11.7 Å². The molecule has 34 heavy (non-hydrogen) atoms. The lowest BCUT2D eigenvalue weighted by atomic mass is 10.1. The molecule has 1 heterocycles. The van der Waals surface area contributed by atoms with Crippen molar-refractivity contribution in [3.05, 3.63) is 101 Å². The highest BCUT2D eigenvalue weighted by atomic mass is 19.4. The van der Waals surface area contributed by atoms with Crippen LogP contribution in [0.5, 0.6) is 0 Å². The predicted molar refractivity (Wildman–Crippen MR) is 128 cm³/mol. The number of aryl methyl sites for hydroxylation is 1. The zero-order valence-electron chi connectivity index (χ0n) is 19.1. The standard InChI is InChI=1S/C27H28F3N3O/c1-20-5-2-3-8-25(20)33-15-13-32(14-16-33)19-21-9-11-23(12-10-21)26(34)31-18-22-6-4-7-24(17-22)27(28,29)30/h2-12,17H,13-16,18-19H2,1H3,(H,31,34). The van der Waals surface area contributed by atoms with E-state index in [0.717, 1.165) is 50.4 Å². The molecule has 0 atom stereocenters. The summed E-state index contributed by atoms with van der Waals surface area (Å²) in [5.74, 6) is -0.309. The van der Waals surface area contributed by atoms with Crippen molar-refractivity contribution < 1.29 is 18.0 Å². The molecule has 1 amide bonds. The Bertz CT molecular complexity index is 1120. The van der Waals surface area contributed by atoms with Crippen LogP contribution in [0.15, 0.2) is 72.8 Å². The van der Waals surface area contributed by atoms with E-state index in [1.165, 1.54) is 17.3 Å². The van der Waals surface area contributed by atoms with Gasteiger partial charge in [0.1, 0.15) is 0 Å². The van der Waals surface area contributed by atoms with Crippen LogP contribution in [-0.4, -0.2) is 37.0 Å². The molecule has 7 heteroatoms. The fraction of sp³-hybridized carbons (Fsp3) is 0.296. The van der Waals surface area contributed by atoms with E-state index in [1.807, 2.05) is 12.1 Å². The number of hydrogen-bond acceptors (Lipinski definition) is 3. The second-order valence-electron chi connectivity index (χ2n) is 8.63. The molecule has 3 aromatic carbocycles. The van der Waals surface area contributed by atoms with Crippen molar-refractivity contribution in [2.45, 2.75) is 26.2 Å². The normalized spacial score (nSPS) is 14.8. The van der Waals surface area contributed by atoms with Crippen molar-refractivity contribution in [2.75, 3.05) is 31.1 Å².